The van der Waals surface area contributed by atoms with E-state index in [0.717, 1.165) is 0 Å². The number of benzene rings is 2. The summed E-state index contributed by atoms with van der Waals surface area (Å²) in [5.74, 6) is -1.83. The van der Waals surface area contributed by atoms with Crippen LogP contribution in [0.3, 0.4) is 0 Å². The molecule has 4 rings (SSSR count). The molecule has 2 N–H and O–H groups in total. The summed E-state index contributed by atoms with van der Waals surface area (Å²) in [5.41, 5.74) is 0.627. The number of carboxylic acids is 1. The molecule has 28 heavy (non-hydrogen) atoms. The predicted molar refractivity (Wildman–Crippen MR) is 97.7 cm³/mol. The molecule has 0 atom stereocenters. The van der Waals surface area contributed by atoms with Gasteiger partial charge in [0.2, 0.25) is 5.91 Å². The smallest absolute Gasteiger partial charge is 0.335 e. The van der Waals surface area contributed by atoms with Gasteiger partial charge in [0, 0.05) is 5.69 Å². The lowest BCUT2D eigenvalue weighted by molar-refractivity contribution is -0.122. The molecular formula is C21H17FN2O4. The van der Waals surface area contributed by atoms with Gasteiger partial charge in [-0.15, -0.1) is 0 Å². The monoisotopic (exact) mass is 380 g/mol. The first-order chi connectivity index (χ1) is 13.4. The third-order valence-corrected chi connectivity index (χ3v) is 5.63. The molecule has 1 heterocycles. The van der Waals surface area contributed by atoms with Crippen LogP contribution in [-0.2, 0) is 10.2 Å². The Labute approximate surface area is 160 Å². The van der Waals surface area contributed by atoms with E-state index in [1.807, 2.05) is 0 Å². The van der Waals surface area contributed by atoms with Gasteiger partial charge in [-0.05, 0) is 61.6 Å². The largest absolute Gasteiger partial charge is 0.487 e. The number of anilines is 1. The highest BCUT2D eigenvalue weighted by molar-refractivity contribution is 6.07. The Morgan fingerprint density at radius 2 is 2.04 bits per heavy atom. The molecule has 7 heteroatoms. The van der Waals surface area contributed by atoms with E-state index in [2.05, 4.69) is 5.32 Å². The summed E-state index contributed by atoms with van der Waals surface area (Å²) in [6.07, 6.45) is 1.69. The van der Waals surface area contributed by atoms with Gasteiger partial charge in [-0.2, -0.15) is 5.26 Å². The van der Waals surface area contributed by atoms with Crippen molar-refractivity contribution in [1.82, 2.24) is 0 Å². The van der Waals surface area contributed by atoms with Crippen molar-refractivity contribution in [2.45, 2.75) is 37.2 Å². The van der Waals surface area contributed by atoms with Crippen molar-refractivity contribution in [2.75, 3.05) is 5.32 Å². The first kappa shape index (κ1) is 18.0. The molecule has 0 bridgehead atoms. The van der Waals surface area contributed by atoms with Crippen molar-refractivity contribution in [2.24, 2.45) is 0 Å². The minimum atomic E-state index is -1.04. The maximum Gasteiger partial charge on any atom is 0.335 e. The van der Waals surface area contributed by atoms with Crippen LogP contribution in [0.25, 0.3) is 0 Å². The lowest BCUT2D eigenvalue weighted by Crippen LogP contribution is -2.41. The van der Waals surface area contributed by atoms with E-state index >= 15 is 0 Å². The minimum Gasteiger partial charge on any atom is -0.487 e. The van der Waals surface area contributed by atoms with E-state index in [1.54, 1.807) is 24.3 Å². The zero-order valence-electron chi connectivity index (χ0n) is 14.9. The van der Waals surface area contributed by atoms with Crippen molar-refractivity contribution in [3.8, 4) is 11.8 Å². The minimum absolute atomic E-state index is 0.0319. The van der Waals surface area contributed by atoms with E-state index in [1.165, 1.54) is 18.2 Å². The average molecular weight is 380 g/mol. The first-order valence-corrected chi connectivity index (χ1v) is 8.99. The van der Waals surface area contributed by atoms with Gasteiger partial charge < -0.3 is 15.2 Å². The lowest BCUT2D eigenvalue weighted by Gasteiger charge is -2.35. The number of aromatic carboxylic acids is 1. The highest BCUT2D eigenvalue weighted by atomic mass is 19.1. The molecule has 6 nitrogen and oxygen atoms in total. The number of nitrogens with one attached hydrogen (secondary N) is 1. The fourth-order valence-corrected chi connectivity index (χ4v) is 4.11. The van der Waals surface area contributed by atoms with E-state index in [4.69, 9.17) is 10.00 Å². The molecule has 1 saturated carbocycles. The van der Waals surface area contributed by atoms with Crippen LogP contribution >= 0.6 is 0 Å². The number of amides is 1. The van der Waals surface area contributed by atoms with Crippen LogP contribution in [0.1, 0.15) is 47.2 Å². The van der Waals surface area contributed by atoms with Crippen molar-refractivity contribution >= 4 is 17.6 Å². The molecule has 1 fully saturated rings. The molecule has 2 aliphatic rings. The quantitative estimate of drug-likeness (QED) is 0.847. The molecule has 2 aromatic rings. The maximum atomic E-state index is 14.2. The first-order valence-electron chi connectivity index (χ1n) is 8.99. The lowest BCUT2D eigenvalue weighted by atomic mass is 9.69. The average Bonchev–Trinajstić information content (AvgIpc) is 2.96. The second-order valence-electron chi connectivity index (χ2n) is 7.15. The number of nitriles is 1. The van der Waals surface area contributed by atoms with Crippen molar-refractivity contribution < 1.29 is 23.8 Å². The molecule has 0 radical (unpaired) electrons. The van der Waals surface area contributed by atoms with Gasteiger partial charge >= 0.3 is 5.97 Å². The van der Waals surface area contributed by atoms with Gasteiger partial charge in [0.1, 0.15) is 6.07 Å². The van der Waals surface area contributed by atoms with Crippen LogP contribution in [-0.4, -0.2) is 23.1 Å². The molecular weight excluding hydrogens is 363 g/mol. The highest BCUT2D eigenvalue weighted by Gasteiger charge is 2.49. The van der Waals surface area contributed by atoms with Gasteiger partial charge in [0.05, 0.1) is 22.6 Å². The standard InChI is InChI=1S/C21H17FN2O4/c22-18-13(11-23)2-1-3-17(18)28-14-6-8-21(9-7-14)15-10-12(19(25)26)4-5-16(15)24-20(21)27/h1-5,10,14H,6-9H2,(H,24,27)(H,25,26)/t14-,21-. The van der Waals surface area contributed by atoms with Crippen LogP contribution in [0.2, 0.25) is 0 Å². The van der Waals surface area contributed by atoms with Gasteiger partial charge in [-0.3, -0.25) is 4.79 Å². The summed E-state index contributed by atoms with van der Waals surface area (Å²) in [5, 5.41) is 21.0. The number of nitrogens with zero attached hydrogens (tertiary/aromatic N) is 1. The Kier molecular flexibility index (Phi) is 4.27. The topological polar surface area (TPSA) is 99.4 Å². The Morgan fingerprint density at radius 1 is 1.29 bits per heavy atom. The van der Waals surface area contributed by atoms with Crippen LogP contribution in [0.4, 0.5) is 10.1 Å². The number of carbonyl (C=O) groups is 2. The van der Waals surface area contributed by atoms with Crippen LogP contribution < -0.4 is 10.1 Å². The molecule has 1 aliphatic carbocycles. The molecule has 1 amide bonds. The molecule has 0 saturated heterocycles. The van der Waals surface area contributed by atoms with Gasteiger partial charge in [-0.25, -0.2) is 9.18 Å². The number of fused-ring (bicyclic) bond motifs is 2. The second kappa shape index (κ2) is 6.64. The Morgan fingerprint density at radius 3 is 2.71 bits per heavy atom. The van der Waals surface area contributed by atoms with Crippen LogP contribution in [0.5, 0.6) is 5.75 Å². The van der Waals surface area contributed by atoms with E-state index < -0.39 is 17.2 Å². The Bertz CT molecular complexity index is 1020. The zero-order valence-corrected chi connectivity index (χ0v) is 14.9. The summed E-state index contributed by atoms with van der Waals surface area (Å²) < 4.78 is 20.0. The number of hydrogen-bond acceptors (Lipinski definition) is 4. The number of carboxylic acid groups (broad SMARTS) is 1. The Hall–Kier alpha value is -3.40. The van der Waals surface area contributed by atoms with E-state index in [-0.39, 0.29) is 28.9 Å². The number of rotatable bonds is 3. The third-order valence-electron chi connectivity index (χ3n) is 5.63. The summed E-state index contributed by atoms with van der Waals surface area (Å²) in [7, 11) is 0. The van der Waals surface area contributed by atoms with Crippen molar-refractivity contribution in [1.29, 1.82) is 5.26 Å². The van der Waals surface area contributed by atoms with Crippen LogP contribution in [0, 0.1) is 17.1 Å². The number of ether oxygens (including phenoxy) is 1. The normalized spacial score (nSPS) is 23.0. The van der Waals surface area contributed by atoms with Gasteiger partial charge in [0.15, 0.2) is 11.6 Å². The molecule has 142 valence electrons. The molecule has 1 aliphatic heterocycles. The number of carbonyl (C=O) groups excluding carboxylic acids is 1. The summed E-state index contributed by atoms with van der Waals surface area (Å²) in [4.78, 5) is 24.0. The zero-order chi connectivity index (χ0) is 19.9. The molecule has 2 aromatic carbocycles. The fourth-order valence-electron chi connectivity index (χ4n) is 4.11. The van der Waals surface area contributed by atoms with Crippen molar-refractivity contribution in [3.63, 3.8) is 0 Å². The summed E-state index contributed by atoms with van der Waals surface area (Å²) >= 11 is 0. The third kappa shape index (κ3) is 2.78. The summed E-state index contributed by atoms with van der Waals surface area (Å²) in [6, 6.07) is 10.9. The van der Waals surface area contributed by atoms with Crippen molar-refractivity contribution in [3.05, 3.63) is 58.9 Å². The van der Waals surface area contributed by atoms with Crippen LogP contribution in [0.15, 0.2) is 36.4 Å². The van der Waals surface area contributed by atoms with E-state index in [0.29, 0.717) is 36.9 Å². The van der Waals surface area contributed by atoms with Gasteiger partial charge in [-0.1, -0.05) is 6.07 Å². The Balaban J connectivity index is 1.55. The SMILES string of the molecule is N#Cc1cccc(O[C@H]2CC[C@@]3(CC2)C(=O)Nc2ccc(C(=O)O)cc23)c1F. The maximum absolute atomic E-state index is 14.2. The molecule has 0 aromatic heterocycles. The highest BCUT2D eigenvalue weighted by Crippen LogP contribution is 2.48. The number of halogens is 1. The summed E-state index contributed by atoms with van der Waals surface area (Å²) in [6.45, 7) is 0. The number of hydrogen-bond donors (Lipinski definition) is 2. The predicted octanol–water partition coefficient (Wildman–Crippen LogP) is 3.61. The second-order valence-corrected chi connectivity index (χ2v) is 7.15. The molecule has 1 spiro atoms. The van der Waals surface area contributed by atoms with E-state index in [9.17, 15) is 19.1 Å². The van der Waals surface area contributed by atoms with Gasteiger partial charge in [0.25, 0.3) is 0 Å². The molecule has 0 unspecified atom stereocenters. The fraction of sp³-hybridized carbons (Fsp3) is 0.286.